The van der Waals surface area contributed by atoms with Crippen molar-refractivity contribution in [3.05, 3.63) is 47.9 Å². The summed E-state index contributed by atoms with van der Waals surface area (Å²) in [5.41, 5.74) is 1.69. The van der Waals surface area contributed by atoms with Crippen molar-refractivity contribution in [2.24, 2.45) is 4.99 Å². The van der Waals surface area contributed by atoms with Crippen LogP contribution in [0, 0.1) is 5.82 Å². The predicted octanol–water partition coefficient (Wildman–Crippen LogP) is 2.58. The van der Waals surface area contributed by atoms with Crippen molar-refractivity contribution in [2.75, 3.05) is 0 Å². The molecular weight excluding hydrogens is 153 g/mol. The number of allylic oxidation sites excluding steroid dienone is 1. The van der Waals surface area contributed by atoms with E-state index in [2.05, 4.69) is 18.3 Å². The first-order valence-electron chi connectivity index (χ1n) is 3.61. The van der Waals surface area contributed by atoms with Crippen LogP contribution < -0.4 is 0 Å². The first kappa shape index (κ1) is 8.65. The highest BCUT2D eigenvalue weighted by Gasteiger charge is 1.94. The minimum Gasteiger partial charge on any atom is -0.269 e. The first-order valence-corrected chi connectivity index (χ1v) is 3.61. The van der Waals surface area contributed by atoms with E-state index in [-0.39, 0.29) is 5.82 Å². The molecule has 0 saturated heterocycles. The third kappa shape index (κ3) is 2.31. The Balaban J connectivity index is 2.71. The summed E-state index contributed by atoms with van der Waals surface area (Å²) in [6.45, 7) is 7.02. The molecule has 12 heavy (non-hydrogen) atoms. The third-order valence-electron chi connectivity index (χ3n) is 1.55. The zero-order valence-electron chi connectivity index (χ0n) is 6.76. The molecule has 0 amide bonds. The normalized spacial score (nSPS) is 9.42. The van der Waals surface area contributed by atoms with Crippen LogP contribution in [0.15, 0.2) is 41.5 Å². The van der Waals surface area contributed by atoms with Gasteiger partial charge < -0.3 is 0 Å². The summed E-state index contributed by atoms with van der Waals surface area (Å²) in [5.74, 6) is -0.226. The van der Waals surface area contributed by atoms with Crippen molar-refractivity contribution in [3.63, 3.8) is 0 Å². The summed E-state index contributed by atoms with van der Waals surface area (Å²) >= 11 is 0. The van der Waals surface area contributed by atoms with E-state index in [9.17, 15) is 4.39 Å². The lowest BCUT2D eigenvalue weighted by Crippen LogP contribution is -1.86. The number of hydrogen-bond donors (Lipinski definition) is 0. The second-order valence-corrected chi connectivity index (χ2v) is 2.53. The van der Waals surface area contributed by atoms with Crippen molar-refractivity contribution in [3.8, 4) is 0 Å². The van der Waals surface area contributed by atoms with Crippen molar-refractivity contribution >= 4 is 6.72 Å². The quantitative estimate of drug-likeness (QED) is 0.607. The fourth-order valence-electron chi connectivity index (χ4n) is 0.894. The molecule has 0 fully saturated rings. The molecule has 0 spiro atoms. The van der Waals surface area contributed by atoms with Crippen LogP contribution in [0.2, 0.25) is 0 Å². The minimum absolute atomic E-state index is 0.226. The zero-order chi connectivity index (χ0) is 8.97. The number of nitrogens with zero attached hydrogens (tertiary/aromatic N) is 1. The van der Waals surface area contributed by atoms with E-state index in [0.29, 0.717) is 12.1 Å². The van der Waals surface area contributed by atoms with Gasteiger partial charge in [0.15, 0.2) is 0 Å². The molecule has 0 aliphatic heterocycles. The number of halogens is 1. The highest BCUT2D eigenvalue weighted by molar-refractivity contribution is 5.30. The van der Waals surface area contributed by atoms with Crippen molar-refractivity contribution < 1.29 is 4.39 Å². The van der Waals surface area contributed by atoms with Crippen molar-refractivity contribution in [1.82, 2.24) is 0 Å². The van der Waals surface area contributed by atoms with E-state index in [1.807, 2.05) is 0 Å². The van der Waals surface area contributed by atoms with E-state index in [0.717, 1.165) is 5.56 Å². The highest BCUT2D eigenvalue weighted by atomic mass is 19.1. The number of hydrogen-bond acceptors (Lipinski definition) is 1. The Morgan fingerprint density at radius 1 is 1.33 bits per heavy atom. The van der Waals surface area contributed by atoms with Crippen LogP contribution in [0.4, 0.5) is 4.39 Å². The van der Waals surface area contributed by atoms with E-state index >= 15 is 0 Å². The lowest BCUT2D eigenvalue weighted by Gasteiger charge is -1.98. The minimum atomic E-state index is -0.226. The van der Waals surface area contributed by atoms with E-state index in [1.54, 1.807) is 12.1 Å². The lowest BCUT2D eigenvalue weighted by molar-refractivity contribution is 0.627. The Kier molecular flexibility index (Phi) is 2.75. The molecule has 1 aromatic carbocycles. The van der Waals surface area contributed by atoms with Gasteiger partial charge in [-0.05, 0) is 24.4 Å². The molecule has 0 radical (unpaired) electrons. The Hall–Kier alpha value is -1.44. The Bertz CT molecular complexity index is 287. The van der Waals surface area contributed by atoms with Crippen LogP contribution >= 0.6 is 0 Å². The maximum absolute atomic E-state index is 12.4. The number of benzene rings is 1. The zero-order valence-corrected chi connectivity index (χ0v) is 6.76. The lowest BCUT2D eigenvalue weighted by atomic mass is 10.1. The summed E-state index contributed by atoms with van der Waals surface area (Å²) < 4.78 is 12.4. The maximum atomic E-state index is 12.4. The van der Waals surface area contributed by atoms with E-state index in [4.69, 9.17) is 0 Å². The SMILES string of the molecule is C=NC(=C)Cc1ccc(F)cc1. The molecule has 0 aliphatic rings. The highest BCUT2D eigenvalue weighted by Crippen LogP contribution is 2.07. The molecule has 0 bridgehead atoms. The molecule has 62 valence electrons. The van der Waals surface area contributed by atoms with Gasteiger partial charge in [-0.15, -0.1) is 0 Å². The van der Waals surface area contributed by atoms with Crippen LogP contribution in [-0.4, -0.2) is 6.72 Å². The van der Waals surface area contributed by atoms with Gasteiger partial charge in [-0.25, -0.2) is 4.39 Å². The monoisotopic (exact) mass is 163 g/mol. The fourth-order valence-corrected chi connectivity index (χ4v) is 0.894. The molecule has 0 aromatic heterocycles. The van der Waals surface area contributed by atoms with E-state index < -0.39 is 0 Å². The topological polar surface area (TPSA) is 12.4 Å². The molecule has 2 heteroatoms. The average Bonchev–Trinajstić information content (AvgIpc) is 2.09. The molecule has 0 saturated carbocycles. The second-order valence-electron chi connectivity index (χ2n) is 2.53. The summed E-state index contributed by atoms with van der Waals surface area (Å²) in [5, 5.41) is 0. The molecule has 1 aromatic rings. The largest absolute Gasteiger partial charge is 0.269 e. The fraction of sp³-hybridized carbons (Fsp3) is 0.100. The molecule has 1 rings (SSSR count). The molecule has 0 atom stereocenters. The first-order chi connectivity index (χ1) is 5.72. The van der Waals surface area contributed by atoms with Gasteiger partial charge in [0.1, 0.15) is 5.82 Å². The van der Waals surface area contributed by atoms with Crippen LogP contribution in [0.5, 0.6) is 0 Å². The Morgan fingerprint density at radius 2 is 1.92 bits per heavy atom. The van der Waals surface area contributed by atoms with Gasteiger partial charge in [0, 0.05) is 12.1 Å². The third-order valence-corrected chi connectivity index (χ3v) is 1.55. The van der Waals surface area contributed by atoms with E-state index in [1.165, 1.54) is 12.1 Å². The number of aliphatic imine (C=N–C) groups is 1. The average molecular weight is 163 g/mol. The molecule has 0 N–H and O–H groups in total. The van der Waals surface area contributed by atoms with Gasteiger partial charge in [-0.2, -0.15) is 0 Å². The second kappa shape index (κ2) is 3.81. The van der Waals surface area contributed by atoms with Crippen LogP contribution in [0.3, 0.4) is 0 Å². The Morgan fingerprint density at radius 3 is 2.42 bits per heavy atom. The van der Waals surface area contributed by atoms with Gasteiger partial charge in [0.05, 0.1) is 0 Å². The molecule has 0 aliphatic carbocycles. The van der Waals surface area contributed by atoms with Gasteiger partial charge in [-0.3, -0.25) is 4.99 Å². The van der Waals surface area contributed by atoms with Crippen LogP contribution in [0.25, 0.3) is 0 Å². The van der Waals surface area contributed by atoms with Crippen LogP contribution in [0.1, 0.15) is 5.56 Å². The molecule has 0 unspecified atom stereocenters. The predicted molar refractivity (Wildman–Crippen MR) is 48.8 cm³/mol. The summed E-state index contributed by atoms with van der Waals surface area (Å²) in [6, 6.07) is 6.27. The molecule has 1 nitrogen and oxygen atoms in total. The number of rotatable bonds is 3. The summed E-state index contributed by atoms with van der Waals surface area (Å²) in [7, 11) is 0. The van der Waals surface area contributed by atoms with Gasteiger partial charge in [-0.1, -0.05) is 18.7 Å². The van der Waals surface area contributed by atoms with Crippen molar-refractivity contribution in [1.29, 1.82) is 0 Å². The van der Waals surface area contributed by atoms with Gasteiger partial charge in [0.2, 0.25) is 0 Å². The van der Waals surface area contributed by atoms with Gasteiger partial charge >= 0.3 is 0 Å². The van der Waals surface area contributed by atoms with Crippen LogP contribution in [-0.2, 0) is 6.42 Å². The molecular formula is C10H10FN. The molecule has 0 heterocycles. The summed E-state index contributed by atoms with van der Waals surface area (Å²) in [6.07, 6.45) is 0.629. The maximum Gasteiger partial charge on any atom is 0.123 e. The smallest absolute Gasteiger partial charge is 0.123 e. The Labute approximate surface area is 71.3 Å². The van der Waals surface area contributed by atoms with Gasteiger partial charge in [0.25, 0.3) is 0 Å². The summed E-state index contributed by atoms with van der Waals surface area (Å²) in [4.78, 5) is 3.67. The van der Waals surface area contributed by atoms with Crippen molar-refractivity contribution in [2.45, 2.75) is 6.42 Å². The standard InChI is InChI=1S/C10H10FN/c1-8(12-2)7-9-3-5-10(11)6-4-9/h3-6H,1-2,7H2.